The van der Waals surface area contributed by atoms with Gasteiger partial charge in [0.15, 0.2) is 5.43 Å². The predicted molar refractivity (Wildman–Crippen MR) is 115 cm³/mol. The monoisotopic (exact) mass is 401 g/mol. The molecule has 30 heavy (non-hydrogen) atoms. The molecule has 0 fully saturated rings. The molecule has 5 heteroatoms. The van der Waals surface area contributed by atoms with E-state index in [2.05, 4.69) is 32.0 Å². The number of pyridine rings is 1. The summed E-state index contributed by atoms with van der Waals surface area (Å²) in [6, 6.07) is 13.8. The maximum atomic E-state index is 12.6. The number of carboxylic acids is 1. The zero-order valence-corrected chi connectivity index (χ0v) is 17.0. The number of fused-ring (bicyclic) bond motifs is 5. The number of carboxylic acid groups (broad SMARTS) is 1. The lowest BCUT2D eigenvalue weighted by Crippen LogP contribution is -2.28. The Hall–Kier alpha value is -3.34. The minimum atomic E-state index is -1.18. The molecule has 1 aromatic heterocycles. The Balaban J connectivity index is 1.82. The van der Waals surface area contributed by atoms with Crippen LogP contribution in [0.3, 0.4) is 0 Å². The summed E-state index contributed by atoms with van der Waals surface area (Å²) in [6.07, 6.45) is 3.17. The van der Waals surface area contributed by atoms with Crippen LogP contribution in [0, 0.1) is 5.92 Å². The van der Waals surface area contributed by atoms with Crippen LogP contribution in [0.4, 0.5) is 0 Å². The molecule has 2 aliphatic heterocycles. The van der Waals surface area contributed by atoms with Crippen LogP contribution in [0.5, 0.6) is 5.75 Å². The first-order valence-corrected chi connectivity index (χ1v) is 10.3. The lowest BCUT2D eigenvalue weighted by molar-refractivity contribution is 0.0694. The zero-order valence-electron chi connectivity index (χ0n) is 17.0. The minimum Gasteiger partial charge on any atom is -0.492 e. The molecule has 3 aromatic rings. The van der Waals surface area contributed by atoms with Crippen LogP contribution in [-0.4, -0.2) is 22.2 Å². The second-order valence-electron chi connectivity index (χ2n) is 8.39. The summed E-state index contributed by atoms with van der Waals surface area (Å²) in [6.45, 7) is 4.92. The van der Waals surface area contributed by atoms with Crippen LogP contribution in [0.1, 0.15) is 41.4 Å². The third-order valence-electron chi connectivity index (χ3n) is 6.31. The third-order valence-corrected chi connectivity index (χ3v) is 6.31. The summed E-state index contributed by atoms with van der Waals surface area (Å²) in [7, 11) is 0. The normalized spacial score (nSPS) is 16.6. The summed E-state index contributed by atoms with van der Waals surface area (Å²) >= 11 is 0. The molecule has 0 saturated carbocycles. The van der Waals surface area contributed by atoms with Gasteiger partial charge in [0.2, 0.25) is 0 Å². The van der Waals surface area contributed by atoms with E-state index in [0.29, 0.717) is 6.61 Å². The molecule has 2 aromatic carbocycles. The lowest BCUT2D eigenvalue weighted by Gasteiger charge is -2.34. The average molecular weight is 401 g/mol. The second kappa shape index (κ2) is 6.87. The summed E-state index contributed by atoms with van der Waals surface area (Å²) in [5.41, 5.74) is 5.69. The average Bonchev–Trinajstić information content (AvgIpc) is 3.22. The summed E-state index contributed by atoms with van der Waals surface area (Å²) in [5.74, 6) is 0.0455. The number of aromatic carboxylic acids is 1. The number of ether oxygens (including phenoxy) is 1. The van der Waals surface area contributed by atoms with Crippen molar-refractivity contribution >= 4 is 5.97 Å². The van der Waals surface area contributed by atoms with E-state index in [1.807, 2.05) is 22.8 Å². The van der Waals surface area contributed by atoms with Crippen molar-refractivity contribution in [2.24, 2.45) is 5.92 Å². The van der Waals surface area contributed by atoms with Crippen molar-refractivity contribution in [3.8, 4) is 28.1 Å². The Labute approximate surface area is 174 Å². The maximum absolute atomic E-state index is 12.6. The van der Waals surface area contributed by atoms with E-state index in [-0.39, 0.29) is 17.5 Å². The Bertz CT molecular complexity index is 1220. The number of aromatic nitrogens is 1. The lowest BCUT2D eigenvalue weighted by atomic mass is 9.82. The third kappa shape index (κ3) is 2.76. The molecule has 0 radical (unpaired) electrons. The maximum Gasteiger partial charge on any atom is 0.341 e. The first-order chi connectivity index (χ1) is 14.5. The van der Waals surface area contributed by atoms with Crippen LogP contribution < -0.4 is 10.2 Å². The molecule has 2 aliphatic rings. The van der Waals surface area contributed by atoms with Gasteiger partial charge >= 0.3 is 5.97 Å². The first-order valence-electron chi connectivity index (χ1n) is 10.3. The predicted octanol–water partition coefficient (Wildman–Crippen LogP) is 4.57. The van der Waals surface area contributed by atoms with Gasteiger partial charge in [0.1, 0.15) is 11.3 Å². The fourth-order valence-electron chi connectivity index (χ4n) is 4.80. The molecule has 5 rings (SSSR count). The van der Waals surface area contributed by atoms with Crippen LogP contribution in [0.2, 0.25) is 0 Å². The fourth-order valence-corrected chi connectivity index (χ4v) is 4.80. The van der Waals surface area contributed by atoms with Gasteiger partial charge in [0, 0.05) is 41.4 Å². The van der Waals surface area contributed by atoms with Crippen LogP contribution in [0.15, 0.2) is 53.5 Å². The van der Waals surface area contributed by atoms with E-state index in [1.165, 1.54) is 23.4 Å². The quantitative estimate of drug-likeness (QED) is 0.698. The standard InChI is InChI=1S/C25H23NO4/c1-14(2)21-11-18-16-8-9-30-24(16)17(15-6-4-3-5-7-15)10-19(18)22-12-23(27)20(25(28)29)13-26(21)22/h3-7,10,12-14,21H,8-9,11H2,1-2H3,(H,28,29)/t21-/m0/s1. The van der Waals surface area contributed by atoms with Crippen molar-refractivity contribution in [3.05, 3.63) is 75.6 Å². The van der Waals surface area contributed by atoms with E-state index in [4.69, 9.17) is 4.74 Å². The molecule has 0 spiro atoms. The largest absolute Gasteiger partial charge is 0.492 e. The van der Waals surface area contributed by atoms with Gasteiger partial charge < -0.3 is 14.4 Å². The molecular weight excluding hydrogens is 378 g/mol. The van der Waals surface area contributed by atoms with Crippen LogP contribution in [0.25, 0.3) is 22.4 Å². The highest BCUT2D eigenvalue weighted by atomic mass is 16.5. The van der Waals surface area contributed by atoms with E-state index in [9.17, 15) is 14.7 Å². The molecule has 1 atom stereocenters. The van der Waals surface area contributed by atoms with Gasteiger partial charge in [0.05, 0.1) is 12.3 Å². The summed E-state index contributed by atoms with van der Waals surface area (Å²) < 4.78 is 8.06. The number of rotatable bonds is 3. The smallest absolute Gasteiger partial charge is 0.341 e. The summed E-state index contributed by atoms with van der Waals surface area (Å²) in [4.78, 5) is 24.2. The molecular formula is C25H23NO4. The second-order valence-corrected chi connectivity index (χ2v) is 8.39. The number of nitrogens with zero attached hydrogens (tertiary/aromatic N) is 1. The van der Waals surface area contributed by atoms with Crippen molar-refractivity contribution in [1.82, 2.24) is 4.57 Å². The minimum absolute atomic E-state index is 0.0819. The van der Waals surface area contributed by atoms with Crippen LogP contribution >= 0.6 is 0 Å². The Kier molecular flexibility index (Phi) is 4.28. The van der Waals surface area contributed by atoms with Gasteiger partial charge in [-0.1, -0.05) is 44.2 Å². The molecule has 0 unspecified atom stereocenters. The molecule has 0 bridgehead atoms. The first kappa shape index (κ1) is 18.7. The van der Waals surface area contributed by atoms with E-state index >= 15 is 0 Å². The van der Waals surface area contributed by atoms with Gasteiger partial charge in [0.25, 0.3) is 0 Å². The Morgan fingerprint density at radius 2 is 1.90 bits per heavy atom. The van der Waals surface area contributed by atoms with Crippen molar-refractivity contribution in [1.29, 1.82) is 0 Å². The van der Waals surface area contributed by atoms with E-state index < -0.39 is 11.4 Å². The summed E-state index contributed by atoms with van der Waals surface area (Å²) in [5, 5.41) is 9.48. The highest BCUT2D eigenvalue weighted by Crippen LogP contribution is 2.47. The Morgan fingerprint density at radius 1 is 1.13 bits per heavy atom. The van der Waals surface area contributed by atoms with Gasteiger partial charge in [-0.05, 0) is 29.5 Å². The molecule has 3 heterocycles. The number of carbonyl (C=O) groups is 1. The molecule has 0 aliphatic carbocycles. The number of hydrogen-bond acceptors (Lipinski definition) is 3. The number of benzene rings is 2. The topological polar surface area (TPSA) is 68.5 Å². The van der Waals surface area contributed by atoms with Gasteiger partial charge in [-0.3, -0.25) is 4.79 Å². The molecule has 152 valence electrons. The van der Waals surface area contributed by atoms with E-state index in [0.717, 1.165) is 41.0 Å². The van der Waals surface area contributed by atoms with Crippen molar-refractivity contribution in [2.45, 2.75) is 32.7 Å². The van der Waals surface area contributed by atoms with Gasteiger partial charge in [-0.15, -0.1) is 0 Å². The molecule has 1 N–H and O–H groups in total. The molecule has 5 nitrogen and oxygen atoms in total. The van der Waals surface area contributed by atoms with Crippen LogP contribution in [-0.2, 0) is 12.8 Å². The van der Waals surface area contributed by atoms with Gasteiger partial charge in [-0.25, -0.2) is 4.79 Å². The molecule has 0 saturated heterocycles. The van der Waals surface area contributed by atoms with E-state index in [1.54, 1.807) is 0 Å². The number of hydrogen-bond donors (Lipinski definition) is 1. The van der Waals surface area contributed by atoms with Crippen molar-refractivity contribution in [3.63, 3.8) is 0 Å². The Morgan fingerprint density at radius 3 is 2.60 bits per heavy atom. The highest BCUT2D eigenvalue weighted by Gasteiger charge is 2.33. The van der Waals surface area contributed by atoms with Gasteiger partial charge in [-0.2, -0.15) is 0 Å². The molecule has 0 amide bonds. The van der Waals surface area contributed by atoms with Crippen molar-refractivity contribution in [2.75, 3.05) is 6.61 Å². The zero-order chi connectivity index (χ0) is 21.0. The SMILES string of the molecule is CC(C)[C@@H]1Cc2c(cc(-c3ccccc3)c3c2CCO3)-c2cc(=O)c(C(=O)O)cn21. The highest BCUT2D eigenvalue weighted by molar-refractivity contribution is 5.88. The van der Waals surface area contributed by atoms with Crippen molar-refractivity contribution < 1.29 is 14.6 Å². The fraction of sp³-hybridized carbons (Fsp3) is 0.280.